The molecule has 1 aliphatic heterocycles. The second kappa shape index (κ2) is 7.93. The first-order valence-corrected chi connectivity index (χ1v) is 9.00. The van der Waals surface area contributed by atoms with Crippen LogP contribution in [0.1, 0.15) is 29.6 Å². The molecule has 2 aromatic carbocycles. The summed E-state index contributed by atoms with van der Waals surface area (Å²) in [6.07, 6.45) is 3.20. The third-order valence-corrected chi connectivity index (χ3v) is 4.69. The maximum Gasteiger partial charge on any atom is 0.270 e. The zero-order chi connectivity index (χ0) is 18.7. The number of non-ortho nitro benzene ring substituents is 1. The van der Waals surface area contributed by atoms with Crippen molar-refractivity contribution in [3.63, 3.8) is 0 Å². The lowest BCUT2D eigenvalue weighted by Crippen LogP contribution is -2.31. The third-order valence-electron chi connectivity index (χ3n) is 4.25. The average molecular weight is 394 g/mol. The number of amides is 1. The van der Waals surface area contributed by atoms with Gasteiger partial charge in [0, 0.05) is 41.0 Å². The maximum atomic E-state index is 12.8. The van der Waals surface area contributed by atoms with Crippen LogP contribution in [0.4, 0.5) is 17.1 Å². The van der Waals surface area contributed by atoms with E-state index in [1.807, 2.05) is 0 Å². The lowest BCUT2D eigenvalue weighted by atomic mass is 10.1. The monoisotopic (exact) mass is 393 g/mol. The normalized spacial score (nSPS) is 14.2. The number of halogens is 2. The van der Waals surface area contributed by atoms with Gasteiger partial charge >= 0.3 is 0 Å². The van der Waals surface area contributed by atoms with E-state index in [1.165, 1.54) is 12.1 Å². The zero-order valence-corrected chi connectivity index (χ0v) is 15.4. The number of nitrogens with one attached hydrogen (secondary N) is 1. The molecule has 6 nitrogen and oxygen atoms in total. The van der Waals surface area contributed by atoms with Crippen molar-refractivity contribution in [3.05, 3.63) is 62.1 Å². The van der Waals surface area contributed by atoms with E-state index in [1.54, 1.807) is 24.3 Å². The van der Waals surface area contributed by atoms with Gasteiger partial charge in [-0.2, -0.15) is 0 Å². The summed E-state index contributed by atoms with van der Waals surface area (Å²) in [5, 5.41) is 14.6. The number of rotatable bonds is 4. The minimum absolute atomic E-state index is 0.125. The van der Waals surface area contributed by atoms with Gasteiger partial charge in [-0.05, 0) is 43.5 Å². The molecule has 2 aromatic rings. The summed E-state index contributed by atoms with van der Waals surface area (Å²) in [7, 11) is 0. The van der Waals surface area contributed by atoms with E-state index in [0.29, 0.717) is 21.4 Å². The summed E-state index contributed by atoms with van der Waals surface area (Å²) >= 11 is 11.9. The predicted molar refractivity (Wildman–Crippen MR) is 104 cm³/mol. The summed E-state index contributed by atoms with van der Waals surface area (Å²) in [4.78, 5) is 25.5. The van der Waals surface area contributed by atoms with Crippen molar-refractivity contribution in [2.75, 3.05) is 23.3 Å². The molecule has 0 saturated carbocycles. The van der Waals surface area contributed by atoms with Gasteiger partial charge in [-0.1, -0.05) is 23.2 Å². The number of carbonyl (C=O) groups excluding carboxylic acids is 1. The number of nitro groups is 1. The molecule has 3 rings (SSSR count). The van der Waals surface area contributed by atoms with E-state index in [-0.39, 0.29) is 11.3 Å². The zero-order valence-electron chi connectivity index (χ0n) is 13.9. The Bertz CT molecular complexity index is 831. The minimum Gasteiger partial charge on any atom is -0.371 e. The van der Waals surface area contributed by atoms with E-state index >= 15 is 0 Å². The molecule has 1 heterocycles. The van der Waals surface area contributed by atoms with Crippen LogP contribution in [0.15, 0.2) is 36.4 Å². The van der Waals surface area contributed by atoms with Crippen LogP contribution in [0.3, 0.4) is 0 Å². The Hall–Kier alpha value is -2.31. The highest BCUT2D eigenvalue weighted by atomic mass is 35.5. The van der Waals surface area contributed by atoms with Crippen molar-refractivity contribution < 1.29 is 9.72 Å². The van der Waals surface area contributed by atoms with Crippen LogP contribution in [0.25, 0.3) is 0 Å². The van der Waals surface area contributed by atoms with Crippen LogP contribution >= 0.6 is 23.2 Å². The molecule has 1 N–H and O–H groups in total. The molecule has 1 saturated heterocycles. The molecule has 0 unspecified atom stereocenters. The van der Waals surface area contributed by atoms with Gasteiger partial charge in [0.15, 0.2) is 0 Å². The van der Waals surface area contributed by atoms with Gasteiger partial charge in [-0.25, -0.2) is 0 Å². The van der Waals surface area contributed by atoms with Crippen molar-refractivity contribution in [1.82, 2.24) is 0 Å². The van der Waals surface area contributed by atoms with E-state index < -0.39 is 10.8 Å². The molecule has 0 radical (unpaired) electrons. The van der Waals surface area contributed by atoms with Gasteiger partial charge in [0.25, 0.3) is 11.6 Å². The number of hydrogen-bond donors (Lipinski definition) is 1. The van der Waals surface area contributed by atoms with Crippen LogP contribution in [0.2, 0.25) is 10.0 Å². The second-order valence-corrected chi connectivity index (χ2v) is 6.99. The van der Waals surface area contributed by atoms with E-state index in [9.17, 15) is 14.9 Å². The van der Waals surface area contributed by atoms with Gasteiger partial charge in [0.05, 0.1) is 16.2 Å². The van der Waals surface area contributed by atoms with Gasteiger partial charge in [-0.15, -0.1) is 0 Å². The smallest absolute Gasteiger partial charge is 0.270 e. The predicted octanol–water partition coefficient (Wildman–Crippen LogP) is 5.14. The van der Waals surface area contributed by atoms with Crippen LogP contribution < -0.4 is 10.2 Å². The first kappa shape index (κ1) is 18.5. The number of piperidine rings is 1. The highest BCUT2D eigenvalue weighted by Crippen LogP contribution is 2.29. The van der Waals surface area contributed by atoms with Gasteiger partial charge in [0.1, 0.15) is 0 Å². The molecule has 0 atom stereocenters. The van der Waals surface area contributed by atoms with Crippen molar-refractivity contribution in [2.45, 2.75) is 19.3 Å². The number of nitro benzene ring substituents is 1. The molecule has 0 bridgehead atoms. The summed E-state index contributed by atoms with van der Waals surface area (Å²) in [6, 6.07) is 9.09. The SMILES string of the molecule is O=C(Nc1cc(Cl)cc(Cl)c1)c1cc([N+](=O)[O-])ccc1N1CCCCC1. The fraction of sp³-hybridized carbons (Fsp3) is 0.278. The number of benzene rings is 2. The van der Waals surface area contributed by atoms with Crippen LogP contribution in [-0.4, -0.2) is 23.9 Å². The number of anilines is 2. The fourth-order valence-corrected chi connectivity index (χ4v) is 3.58. The second-order valence-electron chi connectivity index (χ2n) is 6.12. The van der Waals surface area contributed by atoms with Gasteiger partial charge in [-0.3, -0.25) is 14.9 Å². The Morgan fingerprint density at radius 3 is 2.31 bits per heavy atom. The summed E-state index contributed by atoms with van der Waals surface area (Å²) < 4.78 is 0. The molecule has 0 spiro atoms. The van der Waals surface area contributed by atoms with Crippen molar-refractivity contribution in [1.29, 1.82) is 0 Å². The van der Waals surface area contributed by atoms with E-state index in [0.717, 1.165) is 32.4 Å². The first-order valence-electron chi connectivity index (χ1n) is 8.25. The molecule has 8 heteroatoms. The molecular weight excluding hydrogens is 377 g/mol. The van der Waals surface area contributed by atoms with Gasteiger partial charge in [0.2, 0.25) is 0 Å². The van der Waals surface area contributed by atoms with Crippen molar-refractivity contribution in [3.8, 4) is 0 Å². The Labute approximate surface area is 160 Å². The Morgan fingerprint density at radius 2 is 1.69 bits per heavy atom. The highest BCUT2D eigenvalue weighted by Gasteiger charge is 2.22. The summed E-state index contributed by atoms with van der Waals surface area (Å²) in [6.45, 7) is 1.64. The lowest BCUT2D eigenvalue weighted by Gasteiger charge is -2.30. The average Bonchev–Trinajstić information content (AvgIpc) is 2.61. The van der Waals surface area contributed by atoms with Crippen molar-refractivity contribution in [2.24, 2.45) is 0 Å². The fourth-order valence-electron chi connectivity index (χ4n) is 3.05. The topological polar surface area (TPSA) is 75.5 Å². The third kappa shape index (κ3) is 4.26. The quantitative estimate of drug-likeness (QED) is 0.575. The highest BCUT2D eigenvalue weighted by molar-refractivity contribution is 6.35. The Kier molecular flexibility index (Phi) is 5.64. The van der Waals surface area contributed by atoms with E-state index in [2.05, 4.69) is 10.2 Å². The summed E-state index contributed by atoms with van der Waals surface area (Å²) in [5.74, 6) is -0.437. The van der Waals surface area contributed by atoms with Crippen LogP contribution in [-0.2, 0) is 0 Å². The Balaban J connectivity index is 1.95. The molecule has 1 fully saturated rings. The summed E-state index contributed by atoms with van der Waals surface area (Å²) in [5.41, 5.74) is 1.27. The molecule has 1 amide bonds. The number of hydrogen-bond acceptors (Lipinski definition) is 4. The maximum absolute atomic E-state index is 12.8. The van der Waals surface area contributed by atoms with Gasteiger partial charge < -0.3 is 10.2 Å². The largest absolute Gasteiger partial charge is 0.371 e. The van der Waals surface area contributed by atoms with Crippen molar-refractivity contribution >= 4 is 46.2 Å². The lowest BCUT2D eigenvalue weighted by molar-refractivity contribution is -0.384. The first-order chi connectivity index (χ1) is 12.4. The minimum atomic E-state index is -0.507. The Morgan fingerprint density at radius 1 is 1.04 bits per heavy atom. The molecule has 0 aliphatic carbocycles. The molecule has 26 heavy (non-hydrogen) atoms. The number of nitrogens with zero attached hydrogens (tertiary/aromatic N) is 2. The standard InChI is InChI=1S/C18H17Cl2N3O3/c19-12-8-13(20)10-14(9-12)21-18(24)16-11-15(23(25)26)4-5-17(16)22-6-2-1-3-7-22/h4-5,8-11H,1-3,6-7H2,(H,21,24). The molecule has 0 aromatic heterocycles. The van der Waals surface area contributed by atoms with Crippen LogP contribution in [0, 0.1) is 10.1 Å². The van der Waals surface area contributed by atoms with E-state index in [4.69, 9.17) is 23.2 Å². The van der Waals surface area contributed by atoms with Crippen LogP contribution in [0.5, 0.6) is 0 Å². The number of carbonyl (C=O) groups is 1. The molecule has 1 aliphatic rings. The molecular formula is C18H17Cl2N3O3. The molecule has 136 valence electrons.